The van der Waals surface area contributed by atoms with Gasteiger partial charge in [0.2, 0.25) is 11.8 Å². The summed E-state index contributed by atoms with van der Waals surface area (Å²) in [6.07, 6.45) is -3.67. The van der Waals surface area contributed by atoms with E-state index in [0.717, 1.165) is 0 Å². The van der Waals surface area contributed by atoms with Crippen LogP contribution in [0.5, 0.6) is 5.88 Å². The van der Waals surface area contributed by atoms with Gasteiger partial charge in [-0.15, -0.1) is 0 Å². The van der Waals surface area contributed by atoms with Crippen molar-refractivity contribution in [3.05, 3.63) is 47.3 Å². The second-order valence-electron chi connectivity index (χ2n) is 5.95. The van der Waals surface area contributed by atoms with Gasteiger partial charge in [0.1, 0.15) is 6.61 Å². The minimum atomic E-state index is -5.01. The third-order valence-electron chi connectivity index (χ3n) is 3.88. The van der Waals surface area contributed by atoms with Gasteiger partial charge in [-0.25, -0.2) is 9.97 Å². The van der Waals surface area contributed by atoms with Crippen LogP contribution in [0.25, 0.3) is 11.2 Å². The minimum absolute atomic E-state index is 0.0197. The molecule has 0 amide bonds. The SMILES string of the molecule is Nc1nc(OCc2ccc(C(N)C(=O)C(F)(F)F)cc2)c2nc(CO)cnc2n1. The lowest BCUT2D eigenvalue weighted by Gasteiger charge is -2.14. The van der Waals surface area contributed by atoms with Crippen molar-refractivity contribution in [1.82, 2.24) is 19.9 Å². The second kappa shape index (κ2) is 7.93. The number of carbonyl (C=O) groups excluding carboxylic acids is 1. The van der Waals surface area contributed by atoms with E-state index in [1.165, 1.54) is 30.5 Å². The Hall–Kier alpha value is -3.38. The molecule has 2 aromatic heterocycles. The van der Waals surface area contributed by atoms with E-state index in [2.05, 4.69) is 19.9 Å². The standard InChI is InChI=1S/C17H15F3N6O3/c18-17(19,20)13(28)11(21)9-3-1-8(2-4-9)7-29-15-12-14(25-16(22)26-15)23-5-10(6-27)24-12/h1-5,11,27H,6-7,21H2,(H2,22,23,25,26). The van der Waals surface area contributed by atoms with Crippen molar-refractivity contribution in [3.8, 4) is 5.88 Å². The van der Waals surface area contributed by atoms with Gasteiger partial charge in [0.25, 0.3) is 5.78 Å². The van der Waals surface area contributed by atoms with Crippen molar-refractivity contribution in [2.45, 2.75) is 25.4 Å². The summed E-state index contributed by atoms with van der Waals surface area (Å²) >= 11 is 0. The van der Waals surface area contributed by atoms with Crippen LogP contribution in [0.2, 0.25) is 0 Å². The van der Waals surface area contributed by atoms with Gasteiger partial charge in [0.15, 0.2) is 11.2 Å². The summed E-state index contributed by atoms with van der Waals surface area (Å²) in [6.45, 7) is -0.371. The van der Waals surface area contributed by atoms with Crippen molar-refractivity contribution >= 4 is 22.9 Å². The number of rotatable bonds is 6. The molecule has 1 atom stereocenters. The summed E-state index contributed by atoms with van der Waals surface area (Å²) in [6, 6.07) is 3.75. The molecule has 0 fully saturated rings. The largest absolute Gasteiger partial charge is 0.471 e. The van der Waals surface area contributed by atoms with Gasteiger partial charge in [-0.05, 0) is 11.1 Å². The Morgan fingerprint density at radius 3 is 2.48 bits per heavy atom. The second-order valence-corrected chi connectivity index (χ2v) is 5.95. The fourth-order valence-electron chi connectivity index (χ4n) is 2.41. The number of nitrogens with two attached hydrogens (primary N) is 2. The third-order valence-corrected chi connectivity index (χ3v) is 3.88. The highest BCUT2D eigenvalue weighted by atomic mass is 19.4. The molecule has 5 N–H and O–H groups in total. The molecule has 0 aliphatic carbocycles. The van der Waals surface area contributed by atoms with Crippen LogP contribution in [0.4, 0.5) is 19.1 Å². The average Bonchev–Trinajstić information content (AvgIpc) is 2.70. The normalized spacial score (nSPS) is 12.7. The van der Waals surface area contributed by atoms with E-state index < -0.39 is 18.0 Å². The summed E-state index contributed by atoms with van der Waals surface area (Å²) in [5.74, 6) is -2.09. The van der Waals surface area contributed by atoms with Crippen LogP contribution in [0.1, 0.15) is 22.9 Å². The first-order valence-electron chi connectivity index (χ1n) is 8.17. The predicted molar refractivity (Wildman–Crippen MR) is 94.2 cm³/mol. The molecule has 1 aromatic carbocycles. The number of Topliss-reactive ketones (excluding diaryl/α,β-unsaturated/α-hetero) is 1. The van der Waals surface area contributed by atoms with Crippen molar-refractivity contribution in [2.75, 3.05) is 5.73 Å². The van der Waals surface area contributed by atoms with Crippen LogP contribution in [-0.4, -0.2) is 37.0 Å². The molecular formula is C17H15F3N6O3. The zero-order valence-corrected chi connectivity index (χ0v) is 14.7. The topological polar surface area (TPSA) is 150 Å². The van der Waals surface area contributed by atoms with Crippen LogP contribution >= 0.6 is 0 Å². The van der Waals surface area contributed by atoms with E-state index in [1.54, 1.807) is 0 Å². The van der Waals surface area contributed by atoms with Gasteiger partial charge in [0, 0.05) is 0 Å². The van der Waals surface area contributed by atoms with Crippen molar-refractivity contribution in [2.24, 2.45) is 5.73 Å². The van der Waals surface area contributed by atoms with E-state index in [-0.39, 0.29) is 47.5 Å². The summed E-state index contributed by atoms with van der Waals surface area (Å²) in [5.41, 5.74) is 12.2. The average molecular weight is 408 g/mol. The number of ether oxygens (including phenoxy) is 1. The number of alkyl halides is 3. The maximum atomic E-state index is 12.5. The number of hydrogen-bond donors (Lipinski definition) is 3. The number of aliphatic hydroxyl groups is 1. The summed E-state index contributed by atoms with van der Waals surface area (Å²) < 4.78 is 43.1. The quantitative estimate of drug-likeness (QED) is 0.547. The zero-order chi connectivity index (χ0) is 21.2. The number of nitrogen functional groups attached to an aromatic ring is 1. The first-order chi connectivity index (χ1) is 13.7. The van der Waals surface area contributed by atoms with Crippen LogP contribution in [0, 0.1) is 0 Å². The Balaban J connectivity index is 1.78. The van der Waals surface area contributed by atoms with Gasteiger partial charge < -0.3 is 21.3 Å². The highest BCUT2D eigenvalue weighted by molar-refractivity contribution is 5.89. The fourth-order valence-corrected chi connectivity index (χ4v) is 2.41. The van der Waals surface area contributed by atoms with E-state index in [4.69, 9.17) is 16.2 Å². The maximum absolute atomic E-state index is 12.5. The number of anilines is 1. The van der Waals surface area contributed by atoms with Gasteiger partial charge in [-0.1, -0.05) is 24.3 Å². The molecule has 0 spiro atoms. The van der Waals surface area contributed by atoms with Crippen molar-refractivity contribution in [1.29, 1.82) is 0 Å². The lowest BCUT2D eigenvalue weighted by molar-refractivity contribution is -0.172. The first kappa shape index (κ1) is 20.4. The molecule has 3 rings (SSSR count). The monoisotopic (exact) mass is 408 g/mol. The molecule has 0 saturated heterocycles. The molecule has 0 radical (unpaired) electrons. The van der Waals surface area contributed by atoms with Gasteiger partial charge >= 0.3 is 6.18 Å². The van der Waals surface area contributed by atoms with E-state index in [1.807, 2.05) is 0 Å². The highest BCUT2D eigenvalue weighted by Crippen LogP contribution is 2.25. The molecule has 0 saturated carbocycles. The van der Waals surface area contributed by atoms with Crippen molar-refractivity contribution < 1.29 is 27.8 Å². The molecule has 9 nitrogen and oxygen atoms in total. The van der Waals surface area contributed by atoms with E-state index in [9.17, 15) is 23.1 Å². The summed E-state index contributed by atoms with van der Waals surface area (Å²) in [5, 5.41) is 9.20. The van der Waals surface area contributed by atoms with Gasteiger partial charge in [-0.2, -0.15) is 23.1 Å². The van der Waals surface area contributed by atoms with Crippen LogP contribution < -0.4 is 16.2 Å². The summed E-state index contributed by atoms with van der Waals surface area (Å²) in [7, 11) is 0. The highest BCUT2D eigenvalue weighted by Gasteiger charge is 2.42. The maximum Gasteiger partial charge on any atom is 0.452 e. The molecule has 0 bridgehead atoms. The minimum Gasteiger partial charge on any atom is -0.471 e. The number of benzene rings is 1. The number of carbonyl (C=O) groups is 1. The molecule has 152 valence electrons. The first-order valence-corrected chi connectivity index (χ1v) is 8.17. The lowest BCUT2D eigenvalue weighted by Crippen LogP contribution is -2.33. The molecule has 12 heteroatoms. The van der Waals surface area contributed by atoms with Crippen LogP contribution in [-0.2, 0) is 18.0 Å². The van der Waals surface area contributed by atoms with E-state index >= 15 is 0 Å². The number of fused-ring (bicyclic) bond motifs is 1. The van der Waals surface area contributed by atoms with Crippen LogP contribution in [0.3, 0.4) is 0 Å². The number of hydrogen-bond acceptors (Lipinski definition) is 9. The lowest BCUT2D eigenvalue weighted by atomic mass is 10.0. The Kier molecular flexibility index (Phi) is 5.57. The molecule has 0 aliphatic rings. The number of aromatic nitrogens is 4. The van der Waals surface area contributed by atoms with Gasteiger partial charge in [0.05, 0.1) is 24.5 Å². The Bertz CT molecular complexity index is 1040. The molecular weight excluding hydrogens is 393 g/mol. The zero-order valence-electron chi connectivity index (χ0n) is 14.7. The Morgan fingerprint density at radius 1 is 1.17 bits per heavy atom. The Labute approximate surface area is 161 Å². The number of nitrogens with zero attached hydrogens (tertiary/aromatic N) is 4. The number of halogens is 3. The molecule has 3 aromatic rings. The fraction of sp³-hybridized carbons (Fsp3) is 0.235. The molecule has 0 aliphatic heterocycles. The summed E-state index contributed by atoms with van der Waals surface area (Å²) in [4.78, 5) is 27.3. The third kappa shape index (κ3) is 4.55. The molecule has 2 heterocycles. The number of ketones is 1. The molecule has 29 heavy (non-hydrogen) atoms. The van der Waals surface area contributed by atoms with E-state index in [0.29, 0.717) is 5.56 Å². The van der Waals surface area contributed by atoms with Crippen LogP contribution in [0.15, 0.2) is 30.5 Å². The number of aliphatic hydroxyl groups excluding tert-OH is 1. The van der Waals surface area contributed by atoms with Gasteiger partial charge in [-0.3, -0.25) is 4.79 Å². The Morgan fingerprint density at radius 2 is 1.86 bits per heavy atom. The van der Waals surface area contributed by atoms with Crippen molar-refractivity contribution in [3.63, 3.8) is 0 Å². The smallest absolute Gasteiger partial charge is 0.452 e. The predicted octanol–water partition coefficient (Wildman–Crippen LogP) is 1.20. The molecule has 1 unspecified atom stereocenters.